The van der Waals surface area contributed by atoms with Crippen LogP contribution in [0.5, 0.6) is 0 Å². The number of esters is 1. The molecule has 0 spiro atoms. The summed E-state index contributed by atoms with van der Waals surface area (Å²) in [5.41, 5.74) is 6.82. The molecule has 2 bridgehead atoms. The van der Waals surface area contributed by atoms with Crippen molar-refractivity contribution >= 4 is 33.5 Å². The lowest BCUT2D eigenvalue weighted by Gasteiger charge is -2.37. The van der Waals surface area contributed by atoms with Crippen LogP contribution in [0.15, 0.2) is 53.4 Å². The maximum absolute atomic E-state index is 13.8. The number of ether oxygens (including phenoxy) is 1. The second kappa shape index (κ2) is 8.84. The lowest BCUT2D eigenvalue weighted by molar-refractivity contribution is -0.125. The van der Waals surface area contributed by atoms with Crippen LogP contribution >= 0.6 is 11.6 Å². The molecular formula is C23H25ClN2O5S. The molecule has 0 heterocycles. The van der Waals surface area contributed by atoms with Crippen molar-refractivity contribution in [3.8, 4) is 0 Å². The molecule has 2 N–H and O–H groups in total. The van der Waals surface area contributed by atoms with Gasteiger partial charge in [0.25, 0.3) is 0 Å². The van der Waals surface area contributed by atoms with E-state index in [0.29, 0.717) is 16.1 Å². The smallest absolute Gasteiger partial charge is 0.337 e. The molecule has 2 fully saturated rings. The topological polar surface area (TPSA) is 107 Å². The number of benzene rings is 2. The van der Waals surface area contributed by atoms with E-state index < -0.39 is 33.9 Å². The third-order valence-electron chi connectivity index (χ3n) is 6.67. The van der Waals surface area contributed by atoms with Gasteiger partial charge < -0.3 is 10.5 Å². The zero-order valence-corrected chi connectivity index (χ0v) is 19.2. The number of carbonyl (C=O) groups excluding carboxylic acids is 2. The summed E-state index contributed by atoms with van der Waals surface area (Å²) < 4.78 is 33.7. The van der Waals surface area contributed by atoms with Crippen LogP contribution in [-0.2, 0) is 26.1 Å². The number of hydrogen-bond donors (Lipinski definition) is 1. The molecule has 0 aromatic heterocycles. The number of amides is 1. The van der Waals surface area contributed by atoms with E-state index in [0.717, 1.165) is 19.3 Å². The van der Waals surface area contributed by atoms with Crippen molar-refractivity contribution in [2.24, 2.45) is 23.5 Å². The Kier molecular flexibility index (Phi) is 6.29. The SMILES string of the molecule is COC(=O)c1ccc(CN([C@H]2[C@H]3CC[C@@H](C3)[C@H]2C(N)=O)S(=O)(=O)c2ccc(Cl)cc2)cc1. The number of halogens is 1. The van der Waals surface area contributed by atoms with Crippen molar-refractivity contribution < 1.29 is 22.7 Å². The Bertz CT molecular complexity index is 1120. The Labute approximate surface area is 192 Å². The minimum Gasteiger partial charge on any atom is -0.465 e. The summed E-state index contributed by atoms with van der Waals surface area (Å²) in [7, 11) is -2.64. The molecule has 2 saturated carbocycles. The van der Waals surface area contributed by atoms with Gasteiger partial charge in [-0.05, 0) is 73.1 Å². The van der Waals surface area contributed by atoms with Crippen molar-refractivity contribution in [2.45, 2.75) is 36.7 Å². The van der Waals surface area contributed by atoms with E-state index in [1.807, 2.05) is 0 Å². The molecule has 4 atom stereocenters. The quantitative estimate of drug-likeness (QED) is 0.617. The van der Waals surface area contributed by atoms with Crippen LogP contribution in [-0.4, -0.2) is 37.8 Å². The fraction of sp³-hybridized carbons (Fsp3) is 0.391. The van der Waals surface area contributed by atoms with E-state index in [1.165, 1.54) is 35.7 Å². The third kappa shape index (κ3) is 4.14. The maximum Gasteiger partial charge on any atom is 0.337 e. The highest BCUT2D eigenvalue weighted by molar-refractivity contribution is 7.89. The van der Waals surface area contributed by atoms with Gasteiger partial charge in [-0.25, -0.2) is 13.2 Å². The number of primary amides is 1. The van der Waals surface area contributed by atoms with E-state index >= 15 is 0 Å². The van der Waals surface area contributed by atoms with Crippen LogP contribution in [0.25, 0.3) is 0 Å². The highest BCUT2D eigenvalue weighted by atomic mass is 35.5. The number of fused-ring (bicyclic) bond motifs is 2. The highest BCUT2D eigenvalue weighted by Gasteiger charge is 2.54. The molecule has 170 valence electrons. The molecule has 0 aliphatic heterocycles. The van der Waals surface area contributed by atoms with Crippen molar-refractivity contribution in [1.29, 1.82) is 0 Å². The Morgan fingerprint density at radius 2 is 1.69 bits per heavy atom. The highest BCUT2D eigenvalue weighted by Crippen LogP contribution is 2.51. The van der Waals surface area contributed by atoms with Crippen LogP contribution < -0.4 is 5.73 Å². The van der Waals surface area contributed by atoms with Crippen molar-refractivity contribution in [3.05, 3.63) is 64.7 Å². The van der Waals surface area contributed by atoms with E-state index in [1.54, 1.807) is 24.3 Å². The summed E-state index contributed by atoms with van der Waals surface area (Å²) in [4.78, 5) is 24.2. The molecule has 2 aromatic rings. The van der Waals surface area contributed by atoms with Gasteiger partial charge in [0.05, 0.1) is 23.5 Å². The molecular weight excluding hydrogens is 452 g/mol. The zero-order chi connectivity index (χ0) is 23.0. The first-order valence-electron chi connectivity index (χ1n) is 10.5. The summed E-state index contributed by atoms with van der Waals surface area (Å²) in [5, 5.41) is 0.434. The normalized spacial score (nSPS) is 24.6. The Morgan fingerprint density at radius 1 is 1.06 bits per heavy atom. The third-order valence-corrected chi connectivity index (χ3v) is 8.78. The van der Waals surface area contributed by atoms with E-state index in [9.17, 15) is 18.0 Å². The summed E-state index contributed by atoms with van der Waals surface area (Å²) in [6, 6.07) is 12.1. The number of carbonyl (C=O) groups is 2. The zero-order valence-electron chi connectivity index (χ0n) is 17.6. The number of hydrogen-bond acceptors (Lipinski definition) is 5. The predicted molar refractivity (Wildman–Crippen MR) is 119 cm³/mol. The average Bonchev–Trinajstić information content (AvgIpc) is 3.39. The van der Waals surface area contributed by atoms with Gasteiger partial charge in [-0.2, -0.15) is 4.31 Å². The molecule has 32 heavy (non-hydrogen) atoms. The van der Waals surface area contributed by atoms with E-state index in [4.69, 9.17) is 22.1 Å². The molecule has 0 saturated heterocycles. The van der Waals surface area contributed by atoms with Crippen LogP contribution in [0.3, 0.4) is 0 Å². The van der Waals surface area contributed by atoms with Gasteiger partial charge in [0.2, 0.25) is 15.9 Å². The van der Waals surface area contributed by atoms with Crippen LogP contribution in [0, 0.1) is 17.8 Å². The lowest BCUT2D eigenvalue weighted by Crippen LogP contribution is -2.50. The van der Waals surface area contributed by atoms with Gasteiger partial charge in [-0.3, -0.25) is 4.79 Å². The first kappa shape index (κ1) is 22.8. The predicted octanol–water partition coefficient (Wildman–Crippen LogP) is 3.22. The summed E-state index contributed by atoms with van der Waals surface area (Å²) in [5.74, 6) is -1.27. The molecule has 7 nitrogen and oxygen atoms in total. The minimum absolute atomic E-state index is 0.0596. The van der Waals surface area contributed by atoms with Crippen LogP contribution in [0.1, 0.15) is 35.2 Å². The number of methoxy groups -OCH3 is 1. The van der Waals surface area contributed by atoms with Crippen molar-refractivity contribution in [1.82, 2.24) is 4.31 Å². The molecule has 2 aliphatic rings. The van der Waals surface area contributed by atoms with Crippen molar-refractivity contribution in [3.63, 3.8) is 0 Å². The first-order valence-corrected chi connectivity index (χ1v) is 12.3. The van der Waals surface area contributed by atoms with Gasteiger partial charge in [-0.1, -0.05) is 23.7 Å². The van der Waals surface area contributed by atoms with Crippen LogP contribution in [0.2, 0.25) is 5.02 Å². The standard InChI is InChI=1S/C23H25ClN2O5S/c1-31-23(28)15-4-2-14(3-5-15)13-26(32(29,30)19-10-8-18(24)9-11-19)21-17-7-6-16(12-17)20(21)22(25)27/h2-5,8-11,16-17,20-21H,6-7,12-13H2,1H3,(H2,25,27)/t16-,17-,20+,21-/m0/s1. The number of nitrogens with zero attached hydrogens (tertiary/aromatic N) is 1. The van der Waals surface area contributed by atoms with Gasteiger partial charge in [0.1, 0.15) is 0 Å². The fourth-order valence-electron chi connectivity index (χ4n) is 5.21. The summed E-state index contributed by atoms with van der Waals surface area (Å²) in [6.07, 6.45) is 2.55. The Morgan fingerprint density at radius 3 is 2.28 bits per heavy atom. The van der Waals surface area contributed by atoms with Gasteiger partial charge in [-0.15, -0.1) is 0 Å². The molecule has 2 aromatic carbocycles. The lowest BCUT2D eigenvalue weighted by atomic mass is 9.84. The fourth-order valence-corrected chi connectivity index (χ4v) is 7.03. The average molecular weight is 477 g/mol. The second-order valence-electron chi connectivity index (χ2n) is 8.44. The molecule has 0 unspecified atom stereocenters. The molecule has 2 aliphatic carbocycles. The van der Waals surface area contributed by atoms with Gasteiger partial charge in [0, 0.05) is 17.6 Å². The number of sulfonamides is 1. The first-order chi connectivity index (χ1) is 15.2. The molecule has 0 radical (unpaired) electrons. The van der Waals surface area contributed by atoms with Gasteiger partial charge >= 0.3 is 5.97 Å². The molecule has 4 rings (SSSR count). The number of nitrogens with two attached hydrogens (primary N) is 1. The minimum atomic E-state index is -3.94. The van der Waals surface area contributed by atoms with Crippen LogP contribution in [0.4, 0.5) is 0 Å². The van der Waals surface area contributed by atoms with E-state index in [-0.39, 0.29) is 23.3 Å². The summed E-state index contributed by atoms with van der Waals surface area (Å²) >= 11 is 5.96. The molecule has 1 amide bonds. The Hall–Kier alpha value is -2.42. The van der Waals surface area contributed by atoms with Crippen molar-refractivity contribution in [2.75, 3.05) is 7.11 Å². The molecule has 9 heteroatoms. The number of rotatable bonds is 7. The second-order valence-corrected chi connectivity index (χ2v) is 10.8. The van der Waals surface area contributed by atoms with E-state index in [2.05, 4.69) is 0 Å². The maximum atomic E-state index is 13.8. The van der Waals surface area contributed by atoms with Gasteiger partial charge in [0.15, 0.2) is 0 Å². The monoisotopic (exact) mass is 476 g/mol. The Balaban J connectivity index is 1.74. The summed E-state index contributed by atoms with van der Waals surface area (Å²) in [6.45, 7) is 0.0596. The largest absolute Gasteiger partial charge is 0.465 e.